The number of nitrogen functional groups attached to an aromatic ring is 1. The summed E-state index contributed by atoms with van der Waals surface area (Å²) in [5, 5.41) is 3.26. The number of hydrogen-bond donors (Lipinski definition) is 2. The highest BCUT2D eigenvalue weighted by molar-refractivity contribution is 6.00. The van der Waals surface area contributed by atoms with Crippen molar-refractivity contribution in [3.63, 3.8) is 0 Å². The molecule has 1 aliphatic heterocycles. The van der Waals surface area contributed by atoms with E-state index in [9.17, 15) is 9.59 Å². The molecule has 0 unspecified atom stereocenters. The van der Waals surface area contributed by atoms with Crippen LogP contribution in [0.4, 0.5) is 5.82 Å². The Morgan fingerprint density at radius 1 is 1.27 bits per heavy atom. The van der Waals surface area contributed by atoms with Gasteiger partial charge in [0.05, 0.1) is 12.6 Å². The number of nitrogens with two attached hydrogens (primary N) is 1. The van der Waals surface area contributed by atoms with Crippen LogP contribution in [0.1, 0.15) is 34.3 Å². The molecule has 1 fully saturated rings. The maximum absolute atomic E-state index is 13.3. The highest BCUT2D eigenvalue weighted by atomic mass is 16.5. The van der Waals surface area contributed by atoms with E-state index in [0.29, 0.717) is 36.4 Å². The van der Waals surface area contributed by atoms with Gasteiger partial charge >= 0.3 is 0 Å². The molecule has 5 rings (SSSR count). The fourth-order valence-electron chi connectivity index (χ4n) is 4.24. The SMILES string of the molecule is Cc1ccc(CNC(=O)c2cc3c(=O)n4ccccc4nc3[n+](C[C@H]3CCCO3)c2N)cc1. The van der Waals surface area contributed by atoms with Gasteiger partial charge < -0.3 is 15.8 Å². The van der Waals surface area contributed by atoms with E-state index in [0.717, 1.165) is 24.0 Å². The van der Waals surface area contributed by atoms with Crippen LogP contribution in [-0.4, -0.2) is 28.0 Å². The van der Waals surface area contributed by atoms with E-state index in [4.69, 9.17) is 15.5 Å². The van der Waals surface area contributed by atoms with Gasteiger partial charge in [-0.2, -0.15) is 0 Å². The maximum atomic E-state index is 13.3. The Kier molecular flexibility index (Phi) is 5.51. The minimum atomic E-state index is -0.339. The summed E-state index contributed by atoms with van der Waals surface area (Å²) in [5.74, 6) is -0.0692. The summed E-state index contributed by atoms with van der Waals surface area (Å²) < 4.78 is 9.03. The predicted molar refractivity (Wildman–Crippen MR) is 125 cm³/mol. The number of benzene rings is 1. The van der Waals surface area contributed by atoms with E-state index < -0.39 is 0 Å². The van der Waals surface area contributed by atoms with Crippen molar-refractivity contribution in [2.75, 3.05) is 12.3 Å². The molecule has 1 aliphatic rings. The Morgan fingerprint density at radius 2 is 2.09 bits per heavy atom. The first-order chi connectivity index (χ1) is 16.0. The summed E-state index contributed by atoms with van der Waals surface area (Å²) in [6.07, 6.45) is 3.49. The van der Waals surface area contributed by atoms with Gasteiger partial charge in [-0.3, -0.25) is 14.0 Å². The van der Waals surface area contributed by atoms with E-state index in [1.165, 1.54) is 4.40 Å². The Morgan fingerprint density at radius 3 is 2.85 bits per heavy atom. The van der Waals surface area contributed by atoms with E-state index in [1.807, 2.05) is 37.3 Å². The quantitative estimate of drug-likeness (QED) is 0.363. The highest BCUT2D eigenvalue weighted by Gasteiger charge is 2.27. The number of carbonyl (C=O) groups excluding carboxylic acids is 1. The average Bonchev–Trinajstić information content (AvgIpc) is 3.34. The number of anilines is 1. The van der Waals surface area contributed by atoms with Crippen molar-refractivity contribution in [3.8, 4) is 0 Å². The number of aryl methyl sites for hydroxylation is 1. The van der Waals surface area contributed by atoms with Crippen LogP contribution in [0, 0.1) is 6.92 Å². The van der Waals surface area contributed by atoms with Crippen LogP contribution in [0.2, 0.25) is 0 Å². The number of pyridine rings is 2. The van der Waals surface area contributed by atoms with Gasteiger partial charge in [-0.15, -0.1) is 0 Å². The van der Waals surface area contributed by atoms with Gasteiger partial charge in [0.1, 0.15) is 10.9 Å². The van der Waals surface area contributed by atoms with Gasteiger partial charge in [0.25, 0.3) is 17.1 Å². The van der Waals surface area contributed by atoms with Crippen molar-refractivity contribution >= 4 is 28.4 Å². The normalized spacial score (nSPS) is 15.8. The van der Waals surface area contributed by atoms with Crippen molar-refractivity contribution < 1.29 is 14.1 Å². The van der Waals surface area contributed by atoms with E-state index in [2.05, 4.69) is 5.32 Å². The molecule has 0 saturated carbocycles. The van der Waals surface area contributed by atoms with Crippen molar-refractivity contribution in [2.24, 2.45) is 0 Å². The lowest BCUT2D eigenvalue weighted by Gasteiger charge is -2.15. The third kappa shape index (κ3) is 4.05. The summed E-state index contributed by atoms with van der Waals surface area (Å²) in [4.78, 5) is 31.1. The fraction of sp³-hybridized carbons (Fsp3) is 0.280. The van der Waals surface area contributed by atoms with Gasteiger partial charge in [-0.05, 0) is 43.5 Å². The lowest BCUT2D eigenvalue weighted by atomic mass is 10.1. The van der Waals surface area contributed by atoms with E-state index in [-0.39, 0.29) is 29.0 Å². The highest BCUT2D eigenvalue weighted by Crippen LogP contribution is 2.18. The topological polar surface area (TPSA) is 103 Å². The molecule has 1 atom stereocenters. The van der Waals surface area contributed by atoms with Crippen LogP contribution < -0.4 is 21.2 Å². The predicted octanol–water partition coefficient (Wildman–Crippen LogP) is 2.13. The third-order valence-corrected chi connectivity index (χ3v) is 6.09. The molecule has 1 amide bonds. The Bertz CT molecular complexity index is 1410. The molecule has 4 heterocycles. The number of ether oxygens (including phenoxy) is 1. The average molecular weight is 445 g/mol. The van der Waals surface area contributed by atoms with E-state index >= 15 is 0 Å². The van der Waals surface area contributed by atoms with Crippen LogP contribution in [0.3, 0.4) is 0 Å². The number of hydrogen-bond acceptors (Lipinski definition) is 5. The summed E-state index contributed by atoms with van der Waals surface area (Å²) in [6.45, 7) is 3.49. The molecule has 168 valence electrons. The zero-order valence-electron chi connectivity index (χ0n) is 18.5. The Hall–Kier alpha value is -3.78. The van der Waals surface area contributed by atoms with Gasteiger partial charge in [0.15, 0.2) is 0 Å². The van der Waals surface area contributed by atoms with Gasteiger partial charge in [-0.1, -0.05) is 40.9 Å². The molecule has 4 aromatic rings. The van der Waals surface area contributed by atoms with Crippen LogP contribution in [0.15, 0.2) is 59.5 Å². The zero-order chi connectivity index (χ0) is 22.9. The minimum absolute atomic E-state index is 0.0394. The fourth-order valence-corrected chi connectivity index (χ4v) is 4.24. The molecule has 3 N–H and O–H groups in total. The Labute approximate surface area is 190 Å². The van der Waals surface area contributed by atoms with Crippen molar-refractivity contribution in [1.82, 2.24) is 14.7 Å². The van der Waals surface area contributed by atoms with Crippen LogP contribution >= 0.6 is 0 Å². The molecular weight excluding hydrogens is 418 g/mol. The second kappa shape index (κ2) is 8.63. The Balaban J connectivity index is 1.60. The number of fused-ring (bicyclic) bond motifs is 2. The number of aromatic nitrogens is 3. The van der Waals surface area contributed by atoms with E-state index in [1.54, 1.807) is 29.0 Å². The summed E-state index contributed by atoms with van der Waals surface area (Å²) >= 11 is 0. The monoisotopic (exact) mass is 444 g/mol. The zero-order valence-corrected chi connectivity index (χ0v) is 18.5. The molecule has 1 saturated heterocycles. The van der Waals surface area contributed by atoms with Gasteiger partial charge in [0.2, 0.25) is 11.5 Å². The van der Waals surface area contributed by atoms with Crippen molar-refractivity contribution in [3.05, 3.63) is 81.8 Å². The summed E-state index contributed by atoms with van der Waals surface area (Å²) in [7, 11) is 0. The van der Waals surface area contributed by atoms with Crippen LogP contribution in [0.25, 0.3) is 16.7 Å². The molecule has 0 aliphatic carbocycles. The maximum Gasteiger partial charge on any atom is 0.278 e. The third-order valence-electron chi connectivity index (χ3n) is 6.09. The number of carbonyl (C=O) groups is 1. The largest absolute Gasteiger partial charge is 0.375 e. The smallest absolute Gasteiger partial charge is 0.278 e. The molecule has 8 nitrogen and oxygen atoms in total. The van der Waals surface area contributed by atoms with Crippen molar-refractivity contribution in [2.45, 2.75) is 39.0 Å². The number of nitrogens with one attached hydrogen (secondary N) is 1. The summed E-state index contributed by atoms with van der Waals surface area (Å²) in [5.41, 5.74) is 9.62. The number of rotatable bonds is 5. The summed E-state index contributed by atoms with van der Waals surface area (Å²) in [6, 6.07) is 14.9. The molecule has 0 spiro atoms. The first-order valence-electron chi connectivity index (χ1n) is 11.1. The minimum Gasteiger partial charge on any atom is -0.375 e. The number of amides is 1. The second-order valence-corrected chi connectivity index (χ2v) is 8.44. The van der Waals surface area contributed by atoms with Gasteiger partial charge in [-0.25, -0.2) is 4.57 Å². The molecule has 8 heteroatoms. The molecule has 3 aromatic heterocycles. The first-order valence-corrected chi connectivity index (χ1v) is 11.1. The molecular formula is C25H26N5O3+. The first kappa shape index (κ1) is 21.1. The molecule has 1 aromatic carbocycles. The van der Waals surface area contributed by atoms with Crippen molar-refractivity contribution in [1.29, 1.82) is 0 Å². The second-order valence-electron chi connectivity index (χ2n) is 8.44. The van der Waals surface area contributed by atoms with Gasteiger partial charge in [0, 0.05) is 19.3 Å². The lowest BCUT2D eigenvalue weighted by molar-refractivity contribution is -0.666. The molecule has 0 radical (unpaired) electrons. The van der Waals surface area contributed by atoms with Crippen LogP contribution in [0.5, 0.6) is 0 Å². The lowest BCUT2D eigenvalue weighted by Crippen LogP contribution is -2.46. The molecule has 33 heavy (non-hydrogen) atoms. The standard InChI is InChI=1S/C25H25N5O3/c1-16-7-9-17(10-8-16)14-27-24(31)19-13-20-23(28-21-6-2-3-11-29(21)25(20)32)30(22(19)26)15-18-5-4-12-33-18/h2-3,6-11,13,18,26H,4-5,12,14-15H2,1H3,(H,27,31)/p+1/t18-/m1/s1. The number of nitrogens with zero attached hydrogens (tertiary/aromatic N) is 3. The molecule has 0 bridgehead atoms. The van der Waals surface area contributed by atoms with Crippen LogP contribution in [-0.2, 0) is 17.8 Å².